The lowest BCUT2D eigenvalue weighted by atomic mass is 10.00. The molecule has 0 bridgehead atoms. The first-order valence-electron chi connectivity index (χ1n) is 5.97. The van der Waals surface area contributed by atoms with Crippen molar-refractivity contribution < 1.29 is 0 Å². The second-order valence-corrected chi connectivity index (χ2v) is 4.66. The highest BCUT2D eigenvalue weighted by molar-refractivity contribution is 4.99. The van der Waals surface area contributed by atoms with Crippen molar-refractivity contribution in [3.05, 3.63) is 18.0 Å². The van der Waals surface area contributed by atoms with Gasteiger partial charge in [0.15, 0.2) is 0 Å². The van der Waals surface area contributed by atoms with Gasteiger partial charge in [-0.1, -0.05) is 12.8 Å². The summed E-state index contributed by atoms with van der Waals surface area (Å²) in [6, 6.07) is 2.72. The first kappa shape index (κ1) is 10.7. The van der Waals surface area contributed by atoms with Gasteiger partial charge in [0.05, 0.1) is 5.69 Å². The summed E-state index contributed by atoms with van der Waals surface area (Å²) in [4.78, 5) is 0. The number of hydrogen-bond acceptors (Lipinski definition) is 2. The molecule has 1 aromatic rings. The molecule has 84 valence electrons. The molecule has 1 heterocycles. The zero-order valence-electron chi connectivity index (χ0n) is 9.74. The molecule has 1 aliphatic rings. The van der Waals surface area contributed by atoms with Crippen molar-refractivity contribution in [3.63, 3.8) is 0 Å². The number of nitrogens with zero attached hydrogens (tertiary/aromatic N) is 2. The smallest absolute Gasteiger partial charge is 0.0518 e. The molecular formula is C12H21N3. The van der Waals surface area contributed by atoms with Gasteiger partial charge in [-0.15, -0.1) is 0 Å². The standard InChI is InChI=1S/C12H21N3/c1-10(11-5-3-4-6-11)13-9-12-7-8-14-15(12)2/h7-8,10-11,13H,3-6,9H2,1-2H3/t10-/m0/s1. The lowest BCUT2D eigenvalue weighted by Gasteiger charge is -2.20. The molecule has 1 saturated carbocycles. The van der Waals surface area contributed by atoms with E-state index in [0.29, 0.717) is 6.04 Å². The van der Waals surface area contributed by atoms with Crippen molar-refractivity contribution in [2.45, 2.75) is 45.2 Å². The topological polar surface area (TPSA) is 29.9 Å². The fraction of sp³-hybridized carbons (Fsp3) is 0.750. The Balaban J connectivity index is 1.80. The molecular weight excluding hydrogens is 186 g/mol. The van der Waals surface area contributed by atoms with E-state index >= 15 is 0 Å². The molecule has 1 aliphatic carbocycles. The van der Waals surface area contributed by atoms with E-state index < -0.39 is 0 Å². The Labute approximate surface area is 91.9 Å². The summed E-state index contributed by atoms with van der Waals surface area (Å²) in [7, 11) is 2.00. The number of rotatable bonds is 4. The van der Waals surface area contributed by atoms with Crippen LogP contribution in [0.5, 0.6) is 0 Å². The lowest BCUT2D eigenvalue weighted by molar-refractivity contribution is 0.376. The molecule has 1 atom stereocenters. The van der Waals surface area contributed by atoms with Gasteiger partial charge >= 0.3 is 0 Å². The maximum Gasteiger partial charge on any atom is 0.0518 e. The molecule has 1 aromatic heterocycles. The summed E-state index contributed by atoms with van der Waals surface area (Å²) in [5, 5.41) is 7.78. The average molecular weight is 207 g/mol. The van der Waals surface area contributed by atoms with Gasteiger partial charge in [-0.3, -0.25) is 4.68 Å². The Hall–Kier alpha value is -0.830. The average Bonchev–Trinajstić information content (AvgIpc) is 2.85. The predicted octanol–water partition coefficient (Wildman–Crippen LogP) is 2.09. The normalized spacial score (nSPS) is 19.6. The van der Waals surface area contributed by atoms with E-state index in [-0.39, 0.29) is 0 Å². The zero-order chi connectivity index (χ0) is 10.7. The highest BCUT2D eigenvalue weighted by Gasteiger charge is 2.20. The molecule has 3 heteroatoms. The first-order chi connectivity index (χ1) is 7.27. The molecule has 3 nitrogen and oxygen atoms in total. The third kappa shape index (κ3) is 2.59. The Morgan fingerprint density at radius 3 is 2.87 bits per heavy atom. The summed E-state index contributed by atoms with van der Waals surface area (Å²) in [6.45, 7) is 3.25. The van der Waals surface area contributed by atoms with E-state index in [4.69, 9.17) is 0 Å². The van der Waals surface area contributed by atoms with Gasteiger partial charge in [0.2, 0.25) is 0 Å². The van der Waals surface area contributed by atoms with Crippen LogP contribution in [-0.2, 0) is 13.6 Å². The molecule has 0 amide bonds. The van der Waals surface area contributed by atoms with E-state index in [2.05, 4.69) is 23.4 Å². The maximum atomic E-state index is 4.17. The van der Waals surface area contributed by atoms with Gasteiger partial charge in [0.1, 0.15) is 0 Å². The number of nitrogens with one attached hydrogen (secondary N) is 1. The van der Waals surface area contributed by atoms with Gasteiger partial charge in [-0.05, 0) is 31.7 Å². The van der Waals surface area contributed by atoms with Crippen molar-refractivity contribution in [1.29, 1.82) is 0 Å². The van der Waals surface area contributed by atoms with Gasteiger partial charge in [0, 0.05) is 25.8 Å². The predicted molar refractivity (Wildman–Crippen MR) is 61.5 cm³/mol. The van der Waals surface area contributed by atoms with Crippen LogP contribution in [0.2, 0.25) is 0 Å². The fourth-order valence-electron chi connectivity index (χ4n) is 2.46. The minimum absolute atomic E-state index is 0.641. The highest BCUT2D eigenvalue weighted by atomic mass is 15.3. The molecule has 1 N–H and O–H groups in total. The van der Waals surface area contributed by atoms with Gasteiger partial charge < -0.3 is 5.32 Å². The zero-order valence-corrected chi connectivity index (χ0v) is 9.74. The SMILES string of the molecule is C[C@H](NCc1ccnn1C)C1CCCC1. The molecule has 0 unspecified atom stereocenters. The van der Waals surface area contributed by atoms with Crippen LogP contribution in [0.15, 0.2) is 12.3 Å². The Bertz CT molecular complexity index is 300. The largest absolute Gasteiger partial charge is 0.308 e. The molecule has 0 aromatic carbocycles. The van der Waals surface area contributed by atoms with Crippen molar-refractivity contribution >= 4 is 0 Å². The summed E-state index contributed by atoms with van der Waals surface area (Å²) in [5.41, 5.74) is 1.26. The molecule has 15 heavy (non-hydrogen) atoms. The van der Waals surface area contributed by atoms with E-state index in [9.17, 15) is 0 Å². The van der Waals surface area contributed by atoms with Crippen LogP contribution in [0.3, 0.4) is 0 Å². The van der Waals surface area contributed by atoms with Crippen LogP contribution in [-0.4, -0.2) is 15.8 Å². The summed E-state index contributed by atoms with van der Waals surface area (Å²) in [6.07, 6.45) is 7.50. The summed E-state index contributed by atoms with van der Waals surface area (Å²) >= 11 is 0. The quantitative estimate of drug-likeness (QED) is 0.819. The van der Waals surface area contributed by atoms with Crippen molar-refractivity contribution in [2.75, 3.05) is 0 Å². The molecule has 1 fully saturated rings. The number of aromatic nitrogens is 2. The Morgan fingerprint density at radius 1 is 1.53 bits per heavy atom. The van der Waals surface area contributed by atoms with Crippen LogP contribution in [0, 0.1) is 5.92 Å². The first-order valence-corrected chi connectivity index (χ1v) is 5.97. The Morgan fingerprint density at radius 2 is 2.27 bits per heavy atom. The van der Waals surface area contributed by atoms with Crippen molar-refractivity contribution in [1.82, 2.24) is 15.1 Å². The maximum absolute atomic E-state index is 4.17. The van der Waals surface area contributed by atoms with Crippen LogP contribution in [0.4, 0.5) is 0 Å². The minimum atomic E-state index is 0.641. The molecule has 0 saturated heterocycles. The van der Waals surface area contributed by atoms with E-state index in [1.54, 1.807) is 0 Å². The number of hydrogen-bond donors (Lipinski definition) is 1. The second-order valence-electron chi connectivity index (χ2n) is 4.66. The third-order valence-electron chi connectivity index (χ3n) is 3.63. The summed E-state index contributed by atoms with van der Waals surface area (Å²) < 4.78 is 1.94. The lowest BCUT2D eigenvalue weighted by Crippen LogP contribution is -2.32. The van der Waals surface area contributed by atoms with Gasteiger partial charge in [-0.25, -0.2) is 0 Å². The van der Waals surface area contributed by atoms with Crippen LogP contribution < -0.4 is 5.32 Å². The van der Waals surface area contributed by atoms with E-state index in [1.807, 2.05) is 17.9 Å². The number of aryl methyl sites for hydroxylation is 1. The van der Waals surface area contributed by atoms with Crippen molar-refractivity contribution in [3.8, 4) is 0 Å². The van der Waals surface area contributed by atoms with Gasteiger partial charge in [-0.2, -0.15) is 5.10 Å². The minimum Gasteiger partial charge on any atom is -0.308 e. The van der Waals surface area contributed by atoms with Crippen LogP contribution >= 0.6 is 0 Å². The molecule has 0 spiro atoms. The van der Waals surface area contributed by atoms with E-state index in [0.717, 1.165) is 12.5 Å². The van der Waals surface area contributed by atoms with Gasteiger partial charge in [0.25, 0.3) is 0 Å². The van der Waals surface area contributed by atoms with Crippen molar-refractivity contribution in [2.24, 2.45) is 13.0 Å². The van der Waals surface area contributed by atoms with Crippen LogP contribution in [0.1, 0.15) is 38.3 Å². The monoisotopic (exact) mass is 207 g/mol. The highest BCUT2D eigenvalue weighted by Crippen LogP contribution is 2.27. The fourth-order valence-corrected chi connectivity index (χ4v) is 2.46. The Kier molecular flexibility index (Phi) is 3.41. The third-order valence-corrected chi connectivity index (χ3v) is 3.63. The van der Waals surface area contributed by atoms with E-state index in [1.165, 1.54) is 31.4 Å². The second kappa shape index (κ2) is 4.79. The van der Waals surface area contributed by atoms with Crippen LogP contribution in [0.25, 0.3) is 0 Å². The molecule has 2 rings (SSSR count). The molecule has 0 aliphatic heterocycles. The summed E-state index contributed by atoms with van der Waals surface area (Å²) in [5.74, 6) is 0.887. The molecule has 0 radical (unpaired) electrons.